The van der Waals surface area contributed by atoms with Crippen LogP contribution in [0.25, 0.3) is 0 Å². The van der Waals surface area contributed by atoms with Crippen LogP contribution in [0.3, 0.4) is 0 Å². The third kappa shape index (κ3) is 3.25. The van der Waals surface area contributed by atoms with Gasteiger partial charge < -0.3 is 10.8 Å². The molecule has 0 saturated heterocycles. The number of hydrogen-bond donors (Lipinski definition) is 2. The Kier molecular flexibility index (Phi) is 3.72. The summed E-state index contributed by atoms with van der Waals surface area (Å²) in [6.07, 6.45) is 2.30. The molecule has 0 rings (SSSR count). The average molecular weight is 143 g/mol. The number of hydrogen-bond acceptors (Lipinski definition) is 2. The Hall–Kier alpha value is -0.830. The lowest BCUT2D eigenvalue weighted by Gasteiger charge is -2.04. The van der Waals surface area contributed by atoms with Gasteiger partial charge in [-0.25, -0.2) is 0 Å². The van der Waals surface area contributed by atoms with Crippen molar-refractivity contribution in [3.63, 3.8) is 0 Å². The van der Waals surface area contributed by atoms with Crippen molar-refractivity contribution in [2.45, 2.75) is 26.3 Å². The molecule has 0 aromatic rings. The highest BCUT2D eigenvalue weighted by molar-refractivity contribution is 5.73. The van der Waals surface area contributed by atoms with E-state index < -0.39 is 12.0 Å². The second-order valence-electron chi connectivity index (χ2n) is 2.28. The first-order valence-electron chi connectivity index (χ1n) is 3.18. The lowest BCUT2D eigenvalue weighted by atomic mass is 10.1. The van der Waals surface area contributed by atoms with E-state index >= 15 is 0 Å². The van der Waals surface area contributed by atoms with Crippen molar-refractivity contribution in [1.82, 2.24) is 0 Å². The Bertz CT molecular complexity index is 152. The van der Waals surface area contributed by atoms with Crippen LogP contribution >= 0.6 is 0 Å². The van der Waals surface area contributed by atoms with Gasteiger partial charge in [0.05, 0.1) is 0 Å². The van der Waals surface area contributed by atoms with Crippen LogP contribution in [0.2, 0.25) is 0 Å². The van der Waals surface area contributed by atoms with Crippen molar-refractivity contribution in [2.24, 2.45) is 5.73 Å². The highest BCUT2D eigenvalue weighted by Crippen LogP contribution is 2.01. The molecule has 3 N–H and O–H groups in total. The maximum atomic E-state index is 10.2. The van der Waals surface area contributed by atoms with Gasteiger partial charge in [-0.05, 0) is 20.3 Å². The van der Waals surface area contributed by atoms with E-state index in [4.69, 9.17) is 10.8 Å². The van der Waals surface area contributed by atoms with Gasteiger partial charge in [-0.2, -0.15) is 0 Å². The number of allylic oxidation sites excluding steroid dienone is 1. The number of carboxylic acids is 1. The molecule has 1 atom stereocenters. The lowest BCUT2D eigenvalue weighted by molar-refractivity contribution is -0.138. The molecule has 0 bridgehead atoms. The fourth-order valence-electron chi connectivity index (χ4n) is 0.552. The summed E-state index contributed by atoms with van der Waals surface area (Å²) in [5.74, 6) is -0.943. The lowest BCUT2D eigenvalue weighted by Crippen LogP contribution is -2.30. The zero-order valence-electron chi connectivity index (χ0n) is 6.29. The van der Waals surface area contributed by atoms with E-state index in [-0.39, 0.29) is 0 Å². The molecule has 0 aliphatic heterocycles. The zero-order valence-corrected chi connectivity index (χ0v) is 6.29. The summed E-state index contributed by atoms with van der Waals surface area (Å²) in [6.45, 7) is 3.73. The molecule has 0 aliphatic rings. The second-order valence-corrected chi connectivity index (χ2v) is 2.28. The molecule has 3 nitrogen and oxygen atoms in total. The molecule has 0 radical (unpaired) electrons. The Morgan fingerprint density at radius 3 is 2.60 bits per heavy atom. The van der Waals surface area contributed by atoms with Gasteiger partial charge in [0.15, 0.2) is 0 Å². The molecule has 3 heteroatoms. The molecule has 0 heterocycles. The molecule has 58 valence electrons. The minimum atomic E-state index is -0.943. The summed E-state index contributed by atoms with van der Waals surface area (Å²) in [7, 11) is 0. The van der Waals surface area contributed by atoms with Gasteiger partial charge in [-0.3, -0.25) is 4.79 Å². The van der Waals surface area contributed by atoms with Crippen LogP contribution in [-0.4, -0.2) is 17.1 Å². The summed E-state index contributed by atoms with van der Waals surface area (Å²) in [5.41, 5.74) is 6.26. The minimum absolute atomic E-state index is 0.436. The summed E-state index contributed by atoms with van der Waals surface area (Å²) < 4.78 is 0. The minimum Gasteiger partial charge on any atom is -0.480 e. The molecule has 0 spiro atoms. The van der Waals surface area contributed by atoms with E-state index in [9.17, 15) is 4.79 Å². The van der Waals surface area contributed by atoms with Gasteiger partial charge in [0.2, 0.25) is 0 Å². The number of nitrogens with two attached hydrogens (primary N) is 1. The van der Waals surface area contributed by atoms with Crippen LogP contribution in [0, 0.1) is 0 Å². The molecule has 0 fully saturated rings. The molecule has 0 saturated carbocycles. The summed E-state index contributed by atoms with van der Waals surface area (Å²) >= 11 is 0. The van der Waals surface area contributed by atoms with E-state index in [1.54, 1.807) is 0 Å². The maximum absolute atomic E-state index is 10.2. The highest BCUT2D eigenvalue weighted by atomic mass is 16.4. The predicted octanol–water partition coefficient (Wildman–Crippen LogP) is 0.755. The molecular weight excluding hydrogens is 130 g/mol. The predicted molar refractivity (Wildman–Crippen MR) is 39.7 cm³/mol. The summed E-state index contributed by atoms with van der Waals surface area (Å²) in [4.78, 5) is 10.2. The van der Waals surface area contributed by atoms with Crippen molar-refractivity contribution in [1.29, 1.82) is 0 Å². The number of carboxylic acid groups (broad SMARTS) is 1. The highest BCUT2D eigenvalue weighted by Gasteiger charge is 2.10. The van der Waals surface area contributed by atoms with Crippen molar-refractivity contribution >= 4 is 5.97 Å². The van der Waals surface area contributed by atoms with E-state index in [0.717, 1.165) is 5.57 Å². The third-order valence-electron chi connectivity index (χ3n) is 1.35. The largest absolute Gasteiger partial charge is 0.480 e. The van der Waals surface area contributed by atoms with Gasteiger partial charge in [0.25, 0.3) is 0 Å². The van der Waals surface area contributed by atoms with Crippen LogP contribution in [-0.2, 0) is 4.79 Å². The first-order valence-corrected chi connectivity index (χ1v) is 3.18. The van der Waals surface area contributed by atoms with Gasteiger partial charge in [0.1, 0.15) is 6.04 Å². The first-order chi connectivity index (χ1) is 4.57. The van der Waals surface area contributed by atoms with Crippen molar-refractivity contribution < 1.29 is 9.90 Å². The topological polar surface area (TPSA) is 63.3 Å². The number of carbonyl (C=O) groups is 1. The van der Waals surface area contributed by atoms with Crippen LogP contribution in [0.15, 0.2) is 11.6 Å². The van der Waals surface area contributed by atoms with Gasteiger partial charge in [-0.15, -0.1) is 0 Å². The second kappa shape index (κ2) is 4.06. The SMILES string of the molecule is C/C=C(/C)C[C@H](N)C(=O)O. The van der Waals surface area contributed by atoms with Crippen LogP contribution < -0.4 is 5.73 Å². The maximum Gasteiger partial charge on any atom is 0.320 e. The Balaban J connectivity index is 3.80. The number of rotatable bonds is 3. The van der Waals surface area contributed by atoms with Gasteiger partial charge >= 0.3 is 5.97 Å². The average Bonchev–Trinajstić information content (AvgIpc) is 1.87. The fourth-order valence-corrected chi connectivity index (χ4v) is 0.552. The van der Waals surface area contributed by atoms with E-state index in [1.807, 2.05) is 19.9 Å². The Morgan fingerprint density at radius 1 is 1.80 bits per heavy atom. The normalized spacial score (nSPS) is 14.9. The Labute approximate surface area is 60.5 Å². The van der Waals surface area contributed by atoms with Gasteiger partial charge in [0, 0.05) is 0 Å². The first kappa shape index (κ1) is 9.17. The quantitative estimate of drug-likeness (QED) is 0.573. The van der Waals surface area contributed by atoms with Crippen molar-refractivity contribution in [3.8, 4) is 0 Å². The van der Waals surface area contributed by atoms with E-state index in [0.29, 0.717) is 6.42 Å². The van der Waals surface area contributed by atoms with Crippen molar-refractivity contribution in [3.05, 3.63) is 11.6 Å². The van der Waals surface area contributed by atoms with Crippen molar-refractivity contribution in [2.75, 3.05) is 0 Å². The molecule has 10 heavy (non-hydrogen) atoms. The zero-order chi connectivity index (χ0) is 8.15. The van der Waals surface area contributed by atoms with E-state index in [1.165, 1.54) is 0 Å². The summed E-state index contributed by atoms with van der Waals surface area (Å²) in [5, 5.41) is 8.37. The van der Waals surface area contributed by atoms with Crippen LogP contribution in [0.1, 0.15) is 20.3 Å². The monoisotopic (exact) mass is 143 g/mol. The van der Waals surface area contributed by atoms with Crippen LogP contribution in [0.5, 0.6) is 0 Å². The smallest absolute Gasteiger partial charge is 0.320 e. The fraction of sp³-hybridized carbons (Fsp3) is 0.571. The standard InChI is InChI=1S/C7H13NO2/c1-3-5(2)4-6(8)7(9)10/h3,6H,4,8H2,1-2H3,(H,9,10)/b5-3-/t6-/m0/s1. The molecular formula is C7H13NO2. The molecule has 0 aliphatic carbocycles. The van der Waals surface area contributed by atoms with Gasteiger partial charge in [-0.1, -0.05) is 11.6 Å². The number of aliphatic carboxylic acids is 1. The molecule has 0 amide bonds. The van der Waals surface area contributed by atoms with Crippen LogP contribution in [0.4, 0.5) is 0 Å². The molecule has 0 aromatic carbocycles. The molecule has 0 aromatic heterocycles. The Morgan fingerprint density at radius 2 is 2.30 bits per heavy atom. The van der Waals surface area contributed by atoms with E-state index in [2.05, 4.69) is 0 Å². The summed E-state index contributed by atoms with van der Waals surface area (Å²) in [6, 6.07) is -0.754. The third-order valence-corrected chi connectivity index (χ3v) is 1.35. The molecule has 0 unspecified atom stereocenters.